The Labute approximate surface area is 121 Å². The number of nitrogens with zero attached hydrogens (tertiary/aromatic N) is 1. The van der Waals surface area contributed by atoms with Crippen molar-refractivity contribution in [1.82, 2.24) is 5.43 Å². The van der Waals surface area contributed by atoms with Crippen molar-refractivity contribution >= 4 is 11.6 Å². The van der Waals surface area contributed by atoms with Crippen molar-refractivity contribution in [3.63, 3.8) is 0 Å². The van der Waals surface area contributed by atoms with Crippen LogP contribution in [-0.4, -0.2) is 11.6 Å². The number of hydrazone groups is 1. The standard InChI is InChI=1S/C17H24N2O/c1-3-14-9-11-15(12-10-14)13(2)18-19-17(20)16-7-5-4-6-8-16/h9-12,16H,3-8H2,1-2H3,(H,19,20)/b18-13+. The molecule has 0 unspecified atom stereocenters. The molecule has 1 amide bonds. The van der Waals surface area contributed by atoms with Crippen LogP contribution in [0.2, 0.25) is 0 Å². The van der Waals surface area contributed by atoms with E-state index in [2.05, 4.69) is 41.7 Å². The summed E-state index contributed by atoms with van der Waals surface area (Å²) in [5.74, 6) is 0.233. The highest BCUT2D eigenvalue weighted by Crippen LogP contribution is 2.23. The summed E-state index contributed by atoms with van der Waals surface area (Å²) in [6.07, 6.45) is 6.64. The average molecular weight is 272 g/mol. The lowest BCUT2D eigenvalue weighted by atomic mass is 9.89. The Kier molecular flexibility index (Phi) is 5.33. The van der Waals surface area contributed by atoms with Crippen LogP contribution in [-0.2, 0) is 11.2 Å². The SMILES string of the molecule is CCc1ccc(/C(C)=N/NC(=O)C2CCCCC2)cc1. The van der Waals surface area contributed by atoms with Crippen molar-refractivity contribution in [2.75, 3.05) is 0 Å². The molecule has 0 aromatic heterocycles. The first kappa shape index (κ1) is 14.8. The predicted octanol–water partition coefficient (Wildman–Crippen LogP) is 3.67. The zero-order valence-corrected chi connectivity index (χ0v) is 12.5. The third-order valence-electron chi connectivity index (χ3n) is 4.09. The number of amides is 1. The van der Waals surface area contributed by atoms with Gasteiger partial charge >= 0.3 is 0 Å². The van der Waals surface area contributed by atoms with E-state index >= 15 is 0 Å². The van der Waals surface area contributed by atoms with Crippen molar-refractivity contribution in [2.45, 2.75) is 52.4 Å². The molecule has 2 rings (SSSR count). The molecule has 0 atom stereocenters. The summed E-state index contributed by atoms with van der Waals surface area (Å²) >= 11 is 0. The minimum Gasteiger partial charge on any atom is -0.273 e. The van der Waals surface area contributed by atoms with E-state index in [4.69, 9.17) is 0 Å². The summed E-state index contributed by atoms with van der Waals surface area (Å²) in [6, 6.07) is 8.34. The molecule has 108 valence electrons. The Balaban J connectivity index is 1.93. The molecule has 0 spiro atoms. The minimum absolute atomic E-state index is 0.0780. The van der Waals surface area contributed by atoms with Crippen LogP contribution in [0.4, 0.5) is 0 Å². The first-order chi connectivity index (χ1) is 9.70. The molecule has 1 aromatic carbocycles. The molecule has 3 nitrogen and oxygen atoms in total. The fraction of sp³-hybridized carbons (Fsp3) is 0.529. The average Bonchev–Trinajstić information content (AvgIpc) is 2.53. The van der Waals surface area contributed by atoms with Crippen LogP contribution in [0.1, 0.15) is 57.1 Å². The van der Waals surface area contributed by atoms with Gasteiger partial charge in [0.15, 0.2) is 0 Å². The lowest BCUT2D eigenvalue weighted by Crippen LogP contribution is -2.29. The molecule has 0 bridgehead atoms. The highest BCUT2D eigenvalue weighted by Gasteiger charge is 2.20. The fourth-order valence-corrected chi connectivity index (χ4v) is 2.64. The van der Waals surface area contributed by atoms with Crippen LogP contribution in [0.25, 0.3) is 0 Å². The maximum Gasteiger partial charge on any atom is 0.243 e. The first-order valence-electron chi connectivity index (χ1n) is 7.64. The van der Waals surface area contributed by atoms with Gasteiger partial charge in [0, 0.05) is 5.92 Å². The van der Waals surface area contributed by atoms with Crippen molar-refractivity contribution in [3.8, 4) is 0 Å². The molecule has 0 aliphatic heterocycles. The Bertz CT molecular complexity index is 470. The van der Waals surface area contributed by atoms with E-state index in [-0.39, 0.29) is 11.8 Å². The minimum atomic E-state index is 0.0780. The van der Waals surface area contributed by atoms with E-state index in [1.165, 1.54) is 24.8 Å². The zero-order chi connectivity index (χ0) is 14.4. The van der Waals surface area contributed by atoms with Crippen LogP contribution in [0.3, 0.4) is 0 Å². The van der Waals surface area contributed by atoms with E-state index in [1.54, 1.807) is 0 Å². The topological polar surface area (TPSA) is 41.5 Å². The number of rotatable bonds is 4. The normalized spacial score (nSPS) is 17.0. The smallest absolute Gasteiger partial charge is 0.243 e. The zero-order valence-electron chi connectivity index (χ0n) is 12.5. The van der Waals surface area contributed by atoms with Gasteiger partial charge in [-0.2, -0.15) is 5.10 Å². The van der Waals surface area contributed by atoms with Gasteiger partial charge in [-0.1, -0.05) is 50.5 Å². The van der Waals surface area contributed by atoms with Gasteiger partial charge in [-0.15, -0.1) is 0 Å². The highest BCUT2D eigenvalue weighted by molar-refractivity contribution is 5.99. The summed E-state index contributed by atoms with van der Waals surface area (Å²) in [6.45, 7) is 4.07. The number of carbonyl (C=O) groups is 1. The number of carbonyl (C=O) groups excluding carboxylic acids is 1. The molecule has 1 N–H and O–H groups in total. The van der Waals surface area contributed by atoms with Crippen LogP contribution < -0.4 is 5.43 Å². The third-order valence-corrected chi connectivity index (χ3v) is 4.09. The maximum absolute atomic E-state index is 12.0. The van der Waals surface area contributed by atoms with E-state index in [1.807, 2.05) is 6.92 Å². The van der Waals surface area contributed by atoms with Crippen LogP contribution in [0.5, 0.6) is 0 Å². The molecule has 1 aliphatic rings. The second kappa shape index (κ2) is 7.22. The van der Waals surface area contributed by atoms with E-state index < -0.39 is 0 Å². The number of benzene rings is 1. The Morgan fingerprint density at radius 1 is 1.20 bits per heavy atom. The van der Waals surface area contributed by atoms with Gasteiger partial charge in [-0.25, -0.2) is 5.43 Å². The Morgan fingerprint density at radius 2 is 1.85 bits per heavy atom. The molecule has 1 aliphatic carbocycles. The van der Waals surface area contributed by atoms with Gasteiger partial charge in [0.1, 0.15) is 0 Å². The summed E-state index contributed by atoms with van der Waals surface area (Å²) in [5, 5.41) is 4.24. The van der Waals surface area contributed by atoms with Gasteiger partial charge < -0.3 is 0 Å². The van der Waals surface area contributed by atoms with Crippen molar-refractivity contribution in [2.24, 2.45) is 11.0 Å². The van der Waals surface area contributed by atoms with Crippen LogP contribution >= 0.6 is 0 Å². The molecule has 1 saturated carbocycles. The van der Waals surface area contributed by atoms with Gasteiger partial charge in [0.2, 0.25) is 5.91 Å². The molecule has 0 radical (unpaired) electrons. The second-order valence-corrected chi connectivity index (χ2v) is 5.56. The number of aryl methyl sites for hydroxylation is 1. The quantitative estimate of drug-likeness (QED) is 0.659. The van der Waals surface area contributed by atoms with Gasteiger partial charge in [0.25, 0.3) is 0 Å². The summed E-state index contributed by atoms with van der Waals surface area (Å²) in [4.78, 5) is 12.0. The van der Waals surface area contributed by atoms with E-state index in [0.29, 0.717) is 0 Å². The van der Waals surface area contributed by atoms with E-state index in [9.17, 15) is 4.79 Å². The Morgan fingerprint density at radius 3 is 2.45 bits per heavy atom. The summed E-state index contributed by atoms with van der Waals surface area (Å²) < 4.78 is 0. The molecule has 0 heterocycles. The lowest BCUT2D eigenvalue weighted by Gasteiger charge is -2.19. The van der Waals surface area contributed by atoms with Gasteiger partial charge in [-0.05, 0) is 37.3 Å². The van der Waals surface area contributed by atoms with Crippen LogP contribution in [0.15, 0.2) is 29.4 Å². The molecule has 0 saturated heterocycles. The monoisotopic (exact) mass is 272 g/mol. The van der Waals surface area contributed by atoms with Gasteiger partial charge in [-0.3, -0.25) is 4.79 Å². The molecule has 3 heteroatoms. The molecular formula is C17H24N2O. The summed E-state index contributed by atoms with van der Waals surface area (Å²) in [7, 11) is 0. The predicted molar refractivity (Wildman–Crippen MR) is 82.7 cm³/mol. The van der Waals surface area contributed by atoms with Gasteiger partial charge in [0.05, 0.1) is 5.71 Å². The van der Waals surface area contributed by atoms with Crippen molar-refractivity contribution in [3.05, 3.63) is 35.4 Å². The third kappa shape index (κ3) is 3.92. The second-order valence-electron chi connectivity index (χ2n) is 5.56. The number of hydrogen-bond acceptors (Lipinski definition) is 2. The summed E-state index contributed by atoms with van der Waals surface area (Å²) in [5.41, 5.74) is 5.96. The highest BCUT2D eigenvalue weighted by atomic mass is 16.2. The maximum atomic E-state index is 12.0. The largest absolute Gasteiger partial charge is 0.273 e. The lowest BCUT2D eigenvalue weighted by molar-refractivity contribution is -0.125. The van der Waals surface area contributed by atoms with Crippen molar-refractivity contribution < 1.29 is 4.79 Å². The first-order valence-corrected chi connectivity index (χ1v) is 7.64. The Hall–Kier alpha value is -1.64. The van der Waals surface area contributed by atoms with Crippen molar-refractivity contribution in [1.29, 1.82) is 0 Å². The molecule has 1 aromatic rings. The van der Waals surface area contributed by atoms with Crippen LogP contribution in [0, 0.1) is 5.92 Å². The number of hydrogen-bond donors (Lipinski definition) is 1. The molecular weight excluding hydrogens is 248 g/mol. The van der Waals surface area contributed by atoms with E-state index in [0.717, 1.165) is 30.5 Å². The molecule has 1 fully saturated rings. The fourth-order valence-electron chi connectivity index (χ4n) is 2.64. The molecule has 20 heavy (non-hydrogen) atoms. The number of nitrogens with one attached hydrogen (secondary N) is 1.